The van der Waals surface area contributed by atoms with Gasteiger partial charge in [0.2, 0.25) is 0 Å². The highest BCUT2D eigenvalue weighted by Crippen LogP contribution is 2.31. The Labute approximate surface area is 80.7 Å². The number of halogens is 2. The van der Waals surface area contributed by atoms with Crippen LogP contribution in [0.25, 0.3) is 0 Å². The number of carbonyl (C=O) groups excluding carboxylic acids is 1. The highest BCUT2D eigenvalue weighted by Gasteiger charge is 2.19. The van der Waals surface area contributed by atoms with Crippen molar-refractivity contribution in [2.75, 3.05) is 5.73 Å². The number of benzene rings is 1. The van der Waals surface area contributed by atoms with E-state index in [4.69, 9.17) is 5.73 Å². The zero-order valence-corrected chi connectivity index (χ0v) is 7.97. The maximum Gasteiger partial charge on any atom is 0.266 e. The predicted molar refractivity (Wildman–Crippen MR) is 50.6 cm³/mol. The third-order valence-electron chi connectivity index (χ3n) is 2.10. The maximum atomic E-state index is 12.6. The second-order valence-electron chi connectivity index (χ2n) is 3.11. The van der Waals surface area contributed by atoms with Gasteiger partial charge in [-0.05, 0) is 19.4 Å². The molecule has 0 saturated carbocycles. The van der Waals surface area contributed by atoms with Crippen molar-refractivity contribution in [1.82, 2.24) is 0 Å². The van der Waals surface area contributed by atoms with Gasteiger partial charge in [0.25, 0.3) is 6.43 Å². The van der Waals surface area contributed by atoms with Gasteiger partial charge >= 0.3 is 0 Å². The summed E-state index contributed by atoms with van der Waals surface area (Å²) < 4.78 is 25.2. The lowest BCUT2D eigenvalue weighted by atomic mass is 9.99. The fraction of sp³-hybridized carbons (Fsp3) is 0.300. The molecule has 0 heterocycles. The van der Waals surface area contributed by atoms with Crippen LogP contribution in [0, 0.1) is 6.92 Å². The number of hydrogen-bond donors (Lipinski definition) is 1. The number of aryl methyl sites for hydroxylation is 1. The molecule has 0 aliphatic rings. The Morgan fingerprint density at radius 1 is 1.43 bits per heavy atom. The fourth-order valence-electron chi connectivity index (χ4n) is 1.29. The molecule has 0 spiro atoms. The highest BCUT2D eigenvalue weighted by molar-refractivity contribution is 5.97. The third kappa shape index (κ3) is 1.73. The number of ketones is 1. The van der Waals surface area contributed by atoms with Crippen molar-refractivity contribution in [3.8, 4) is 0 Å². The Bertz CT molecular complexity index is 375. The first-order chi connectivity index (χ1) is 6.45. The number of carbonyl (C=O) groups is 1. The van der Waals surface area contributed by atoms with E-state index < -0.39 is 12.2 Å². The Morgan fingerprint density at radius 3 is 2.43 bits per heavy atom. The molecule has 0 amide bonds. The van der Waals surface area contributed by atoms with Gasteiger partial charge in [-0.1, -0.05) is 12.1 Å². The SMILES string of the molecule is CC(=O)c1ccc(C)c(N)c1C(F)F. The van der Waals surface area contributed by atoms with E-state index in [0.717, 1.165) is 0 Å². The van der Waals surface area contributed by atoms with Gasteiger partial charge in [-0.25, -0.2) is 8.78 Å². The van der Waals surface area contributed by atoms with Crippen LogP contribution >= 0.6 is 0 Å². The molecule has 0 bridgehead atoms. The van der Waals surface area contributed by atoms with Crippen molar-refractivity contribution in [3.05, 3.63) is 28.8 Å². The Hall–Kier alpha value is -1.45. The number of nitrogen functional groups attached to an aromatic ring is 1. The minimum absolute atomic E-state index is 0.00287. The minimum Gasteiger partial charge on any atom is -0.398 e. The van der Waals surface area contributed by atoms with E-state index in [1.54, 1.807) is 13.0 Å². The second kappa shape index (κ2) is 3.74. The first-order valence-corrected chi connectivity index (χ1v) is 4.13. The third-order valence-corrected chi connectivity index (χ3v) is 2.10. The molecule has 14 heavy (non-hydrogen) atoms. The van der Waals surface area contributed by atoms with Crippen molar-refractivity contribution in [1.29, 1.82) is 0 Å². The molecule has 1 rings (SSSR count). The first kappa shape index (κ1) is 10.6. The number of Topliss-reactive ketones (excluding diaryl/α,β-unsaturated/α-hetero) is 1. The first-order valence-electron chi connectivity index (χ1n) is 4.13. The molecule has 0 unspecified atom stereocenters. The number of nitrogens with two attached hydrogens (primary N) is 1. The fourth-order valence-corrected chi connectivity index (χ4v) is 1.29. The van der Waals surface area contributed by atoms with Gasteiger partial charge in [-0.2, -0.15) is 0 Å². The summed E-state index contributed by atoms with van der Waals surface area (Å²) in [5.74, 6) is -0.396. The maximum absolute atomic E-state index is 12.6. The summed E-state index contributed by atoms with van der Waals surface area (Å²) in [6, 6.07) is 2.95. The van der Waals surface area contributed by atoms with Crippen LogP contribution in [-0.4, -0.2) is 5.78 Å². The van der Waals surface area contributed by atoms with Crippen molar-refractivity contribution < 1.29 is 13.6 Å². The summed E-state index contributed by atoms with van der Waals surface area (Å²) in [5.41, 5.74) is 5.71. The molecule has 2 N–H and O–H groups in total. The van der Waals surface area contributed by atoms with Crippen molar-refractivity contribution in [2.24, 2.45) is 0 Å². The second-order valence-corrected chi connectivity index (χ2v) is 3.11. The molecule has 2 nitrogen and oxygen atoms in total. The molecule has 0 atom stereocenters. The summed E-state index contributed by atoms with van der Waals surface area (Å²) in [6.45, 7) is 2.88. The molecule has 0 fully saturated rings. The number of anilines is 1. The van der Waals surface area contributed by atoms with E-state index in [9.17, 15) is 13.6 Å². The van der Waals surface area contributed by atoms with Crippen LogP contribution in [-0.2, 0) is 0 Å². The zero-order chi connectivity index (χ0) is 10.9. The van der Waals surface area contributed by atoms with Gasteiger partial charge in [0, 0.05) is 11.3 Å². The van der Waals surface area contributed by atoms with Crippen LogP contribution in [0.1, 0.15) is 34.8 Å². The normalized spacial score (nSPS) is 10.6. The van der Waals surface area contributed by atoms with Gasteiger partial charge in [0.1, 0.15) is 0 Å². The van der Waals surface area contributed by atoms with Gasteiger partial charge in [0.15, 0.2) is 5.78 Å². The molecule has 0 aliphatic heterocycles. The van der Waals surface area contributed by atoms with Crippen LogP contribution in [0.3, 0.4) is 0 Å². The van der Waals surface area contributed by atoms with Crippen LogP contribution in [0.2, 0.25) is 0 Å². The minimum atomic E-state index is -2.71. The van der Waals surface area contributed by atoms with Crippen LogP contribution < -0.4 is 5.73 Å². The lowest BCUT2D eigenvalue weighted by Crippen LogP contribution is -2.06. The topological polar surface area (TPSA) is 43.1 Å². The Balaban J connectivity index is 3.45. The van der Waals surface area contributed by atoms with Crippen LogP contribution in [0.15, 0.2) is 12.1 Å². The van der Waals surface area contributed by atoms with Crippen molar-refractivity contribution in [2.45, 2.75) is 20.3 Å². The number of hydrogen-bond acceptors (Lipinski definition) is 2. The van der Waals surface area contributed by atoms with E-state index >= 15 is 0 Å². The average molecular weight is 199 g/mol. The van der Waals surface area contributed by atoms with Gasteiger partial charge in [0.05, 0.1) is 5.56 Å². The van der Waals surface area contributed by atoms with E-state index in [-0.39, 0.29) is 16.8 Å². The van der Waals surface area contributed by atoms with Crippen LogP contribution in [0.4, 0.5) is 14.5 Å². The Morgan fingerprint density at radius 2 is 2.00 bits per heavy atom. The van der Waals surface area contributed by atoms with E-state index in [1.807, 2.05) is 0 Å². The summed E-state index contributed by atoms with van der Waals surface area (Å²) in [6.07, 6.45) is -2.71. The molecule has 0 radical (unpaired) electrons. The largest absolute Gasteiger partial charge is 0.398 e. The molecular weight excluding hydrogens is 188 g/mol. The van der Waals surface area contributed by atoms with Gasteiger partial charge < -0.3 is 5.73 Å². The zero-order valence-electron chi connectivity index (χ0n) is 7.97. The average Bonchev–Trinajstić information content (AvgIpc) is 2.08. The van der Waals surface area contributed by atoms with E-state index in [1.165, 1.54) is 13.0 Å². The molecular formula is C10H11F2NO. The monoisotopic (exact) mass is 199 g/mol. The van der Waals surface area contributed by atoms with Gasteiger partial charge in [-0.15, -0.1) is 0 Å². The summed E-state index contributed by atoms with van der Waals surface area (Å²) >= 11 is 0. The number of alkyl halides is 2. The smallest absolute Gasteiger partial charge is 0.266 e. The van der Waals surface area contributed by atoms with Crippen molar-refractivity contribution in [3.63, 3.8) is 0 Å². The van der Waals surface area contributed by atoms with Crippen LogP contribution in [0.5, 0.6) is 0 Å². The standard InChI is InChI=1S/C10H11F2NO/c1-5-3-4-7(6(2)14)8(9(5)13)10(11)12/h3-4,10H,13H2,1-2H3. The molecule has 4 heteroatoms. The molecule has 0 aliphatic carbocycles. The highest BCUT2D eigenvalue weighted by atomic mass is 19.3. The van der Waals surface area contributed by atoms with E-state index in [0.29, 0.717) is 5.56 Å². The Kier molecular flexibility index (Phi) is 2.84. The quantitative estimate of drug-likeness (QED) is 0.587. The van der Waals surface area contributed by atoms with Gasteiger partial charge in [-0.3, -0.25) is 4.79 Å². The molecule has 76 valence electrons. The summed E-state index contributed by atoms with van der Waals surface area (Å²) in [4.78, 5) is 11.0. The van der Waals surface area contributed by atoms with Crippen molar-refractivity contribution >= 4 is 11.5 Å². The summed E-state index contributed by atoms with van der Waals surface area (Å²) in [5, 5.41) is 0. The lowest BCUT2D eigenvalue weighted by Gasteiger charge is -2.11. The molecule has 0 aromatic heterocycles. The molecule has 1 aromatic rings. The molecule has 1 aromatic carbocycles. The molecule has 0 saturated heterocycles. The predicted octanol–water partition coefficient (Wildman–Crippen LogP) is 2.72. The number of rotatable bonds is 2. The lowest BCUT2D eigenvalue weighted by molar-refractivity contribution is 0.0999. The summed E-state index contributed by atoms with van der Waals surface area (Å²) in [7, 11) is 0. The van der Waals surface area contributed by atoms with E-state index in [2.05, 4.69) is 0 Å².